The third-order valence-electron chi connectivity index (χ3n) is 9.79. The van der Waals surface area contributed by atoms with Crippen molar-refractivity contribution < 1.29 is 19.4 Å². The lowest BCUT2D eigenvalue weighted by atomic mass is 9.61. The molecule has 0 aromatic rings. The van der Waals surface area contributed by atoms with E-state index in [1.807, 2.05) is 6.08 Å². The fourth-order valence-corrected chi connectivity index (χ4v) is 8.41. The van der Waals surface area contributed by atoms with Crippen LogP contribution in [0.1, 0.15) is 40.0 Å². The molecular weight excluding hydrogens is 352 g/mol. The van der Waals surface area contributed by atoms with E-state index in [4.69, 9.17) is 9.47 Å². The molecule has 5 fully saturated rings. The van der Waals surface area contributed by atoms with Crippen LogP contribution >= 0.6 is 0 Å². The molecule has 0 amide bonds. The van der Waals surface area contributed by atoms with Crippen molar-refractivity contribution in [1.29, 1.82) is 0 Å². The molecule has 152 valence electrons. The lowest BCUT2D eigenvalue weighted by molar-refractivity contribution is -0.360. The Morgan fingerprint density at radius 1 is 1.21 bits per heavy atom. The van der Waals surface area contributed by atoms with E-state index in [1.54, 1.807) is 0 Å². The molecule has 0 aromatic heterocycles. The van der Waals surface area contributed by atoms with Crippen molar-refractivity contribution in [3.63, 3.8) is 0 Å². The number of carbonyl (C=O) groups excluding carboxylic acids is 1. The highest BCUT2D eigenvalue weighted by Gasteiger charge is 2.63. The van der Waals surface area contributed by atoms with E-state index < -0.39 is 0 Å². The van der Waals surface area contributed by atoms with Gasteiger partial charge >= 0.3 is 5.97 Å². The van der Waals surface area contributed by atoms with Gasteiger partial charge in [0.25, 0.3) is 0 Å². The Kier molecular flexibility index (Phi) is 3.54. The average Bonchev–Trinajstić information content (AvgIpc) is 3.44. The number of rotatable bonds is 3. The number of hydrogen-bond donors (Lipinski definition) is 0. The Morgan fingerprint density at radius 3 is 2.75 bits per heavy atom. The quantitative estimate of drug-likeness (QED) is 0.247. The van der Waals surface area contributed by atoms with Gasteiger partial charge in [0.05, 0.1) is 5.92 Å². The summed E-state index contributed by atoms with van der Waals surface area (Å²) >= 11 is 0. The number of fused-ring (bicyclic) bond motifs is 10. The summed E-state index contributed by atoms with van der Waals surface area (Å²) in [6.45, 7) is 7.20. The Hall–Kier alpha value is -1.58. The molecule has 0 spiro atoms. The number of hydrogen-bond acceptors (Lipinski definition) is 4. The number of allylic oxidation sites excluding steroid dienone is 2. The highest BCUT2D eigenvalue weighted by molar-refractivity contribution is 5.76. The molecule has 28 heavy (non-hydrogen) atoms. The van der Waals surface area contributed by atoms with Crippen LogP contribution in [0, 0.1) is 65.1 Å². The lowest BCUT2D eigenvalue weighted by Gasteiger charge is -2.50. The minimum Gasteiger partial charge on any atom is -0.698 e. The summed E-state index contributed by atoms with van der Waals surface area (Å²) in [5, 5.41) is 13.1. The van der Waals surface area contributed by atoms with Crippen molar-refractivity contribution in [2.24, 2.45) is 59.2 Å². The molecule has 1 heterocycles. The molecule has 11 unspecified atom stereocenters. The van der Waals surface area contributed by atoms with Crippen molar-refractivity contribution in [1.82, 2.24) is 0 Å². The standard InChI is InChI=1S/C24H31O4/c1-10-11(2)15-7-14(10)21-16-8-17(22(15)21)20(12(16)3)24(26)27-9-18-13-5-4-6-19(13)28-23(18)25/h4,6,10-11,13-19,21-22,26H,5,7-9H2,1-3H3/q-1/p-1. The highest BCUT2D eigenvalue weighted by atomic mass is 16.6. The maximum absolute atomic E-state index is 13.1. The number of ether oxygens (including phenoxy) is 2. The van der Waals surface area contributed by atoms with E-state index in [1.165, 1.54) is 12.3 Å². The summed E-state index contributed by atoms with van der Waals surface area (Å²) in [4.78, 5) is 12.2. The largest absolute Gasteiger partial charge is 0.698 e. The number of carbonyl (C=O) groups is 1. The van der Waals surface area contributed by atoms with Crippen LogP contribution < -0.4 is 5.11 Å². The topological polar surface area (TPSA) is 58.6 Å². The monoisotopic (exact) mass is 382 g/mol. The SMILES string of the molecule is C[C-]1C(=C([O-])OCC2C(=O)OC3C=CCC32)C2CC1C1C3CC(C(C)C3C)C21. The minimum absolute atomic E-state index is 0.113. The van der Waals surface area contributed by atoms with Crippen molar-refractivity contribution >= 4 is 5.97 Å². The minimum atomic E-state index is -0.306. The van der Waals surface area contributed by atoms with Gasteiger partial charge in [-0.2, -0.15) is 5.57 Å². The summed E-state index contributed by atoms with van der Waals surface area (Å²) < 4.78 is 11.2. The first-order chi connectivity index (χ1) is 13.5. The lowest BCUT2D eigenvalue weighted by Crippen LogP contribution is -2.39. The Labute approximate surface area is 167 Å². The molecule has 4 nitrogen and oxygen atoms in total. The van der Waals surface area contributed by atoms with Crippen LogP contribution in [0.4, 0.5) is 0 Å². The van der Waals surface area contributed by atoms with Crippen molar-refractivity contribution in [3.05, 3.63) is 29.6 Å². The molecular formula is C24H30O4-2. The van der Waals surface area contributed by atoms with E-state index in [-0.39, 0.29) is 36.5 Å². The predicted molar refractivity (Wildman–Crippen MR) is 101 cm³/mol. The molecule has 0 N–H and O–H groups in total. The van der Waals surface area contributed by atoms with Crippen LogP contribution in [0.3, 0.4) is 0 Å². The van der Waals surface area contributed by atoms with E-state index in [9.17, 15) is 9.90 Å². The number of esters is 1. The van der Waals surface area contributed by atoms with E-state index in [0.29, 0.717) is 17.8 Å². The fraction of sp³-hybridized carbons (Fsp3) is 0.750. The predicted octanol–water partition coefficient (Wildman–Crippen LogP) is 3.09. The summed E-state index contributed by atoms with van der Waals surface area (Å²) in [6, 6.07) is 0. The van der Waals surface area contributed by atoms with E-state index in [0.717, 1.165) is 48.0 Å². The smallest absolute Gasteiger partial charge is 0.310 e. The fourth-order valence-electron chi connectivity index (χ4n) is 8.41. The zero-order valence-electron chi connectivity index (χ0n) is 17.0. The molecule has 6 rings (SSSR count). The second-order valence-corrected chi connectivity index (χ2v) is 10.4. The van der Waals surface area contributed by atoms with Gasteiger partial charge in [0.2, 0.25) is 0 Å². The summed E-state index contributed by atoms with van der Waals surface area (Å²) in [7, 11) is 0. The summed E-state index contributed by atoms with van der Waals surface area (Å²) in [5.41, 5.74) is 0.964. The third-order valence-corrected chi connectivity index (χ3v) is 9.79. The molecule has 1 aliphatic heterocycles. The highest BCUT2D eigenvalue weighted by Crippen LogP contribution is 2.73. The molecule has 4 bridgehead atoms. The Morgan fingerprint density at radius 2 is 1.96 bits per heavy atom. The van der Waals surface area contributed by atoms with Crippen LogP contribution in [-0.2, 0) is 14.3 Å². The zero-order valence-corrected chi connectivity index (χ0v) is 17.0. The van der Waals surface area contributed by atoms with Crippen molar-refractivity contribution in [3.8, 4) is 0 Å². The van der Waals surface area contributed by atoms with Crippen LogP contribution in [0.25, 0.3) is 0 Å². The van der Waals surface area contributed by atoms with Gasteiger partial charge in [0, 0.05) is 5.92 Å². The maximum atomic E-state index is 13.1. The van der Waals surface area contributed by atoms with Crippen LogP contribution in [0.15, 0.2) is 23.7 Å². The van der Waals surface area contributed by atoms with Gasteiger partial charge in [-0.1, -0.05) is 32.3 Å². The second-order valence-electron chi connectivity index (χ2n) is 10.4. The molecule has 4 heteroatoms. The van der Waals surface area contributed by atoms with Gasteiger partial charge in [-0.15, -0.1) is 12.9 Å². The Bertz CT molecular complexity index is 769. The van der Waals surface area contributed by atoms with Crippen molar-refractivity contribution in [2.45, 2.75) is 46.1 Å². The third kappa shape index (κ3) is 2.02. The molecule has 4 saturated carbocycles. The first kappa shape index (κ1) is 17.3. The average molecular weight is 383 g/mol. The van der Waals surface area contributed by atoms with Gasteiger partial charge < -0.3 is 14.6 Å². The first-order valence-corrected chi connectivity index (χ1v) is 11.2. The van der Waals surface area contributed by atoms with Gasteiger partial charge in [0.15, 0.2) is 0 Å². The van der Waals surface area contributed by atoms with Gasteiger partial charge in [-0.25, -0.2) is 5.92 Å². The van der Waals surface area contributed by atoms with Crippen molar-refractivity contribution in [2.75, 3.05) is 6.61 Å². The molecule has 0 aromatic carbocycles. The van der Waals surface area contributed by atoms with Crippen LogP contribution in [0.5, 0.6) is 0 Å². The molecule has 0 radical (unpaired) electrons. The Balaban J connectivity index is 1.21. The van der Waals surface area contributed by atoms with Crippen LogP contribution in [0.2, 0.25) is 0 Å². The zero-order chi connectivity index (χ0) is 19.3. The molecule has 6 aliphatic rings. The molecule has 1 saturated heterocycles. The van der Waals surface area contributed by atoms with E-state index >= 15 is 0 Å². The first-order valence-electron chi connectivity index (χ1n) is 11.2. The maximum Gasteiger partial charge on any atom is 0.310 e. The second kappa shape index (κ2) is 5.73. The molecule has 11 atom stereocenters. The summed E-state index contributed by atoms with van der Waals surface area (Å²) in [5.74, 6) is 6.48. The normalized spacial score (nSPS) is 54.3. The van der Waals surface area contributed by atoms with Gasteiger partial charge in [-0.05, 0) is 66.9 Å². The van der Waals surface area contributed by atoms with Crippen LogP contribution in [-0.4, -0.2) is 18.7 Å². The van der Waals surface area contributed by atoms with Gasteiger partial charge in [-0.3, -0.25) is 4.79 Å². The van der Waals surface area contributed by atoms with E-state index in [2.05, 4.69) is 26.8 Å². The molecule has 5 aliphatic carbocycles. The van der Waals surface area contributed by atoms with Gasteiger partial charge in [0.1, 0.15) is 6.10 Å². The summed E-state index contributed by atoms with van der Waals surface area (Å²) in [6.07, 6.45) is 7.27.